The van der Waals surface area contributed by atoms with Crippen molar-refractivity contribution in [3.8, 4) is 34.3 Å². The van der Waals surface area contributed by atoms with Gasteiger partial charge in [0.05, 0.1) is 25.3 Å². The number of aromatic amines is 1. The zero-order chi connectivity index (χ0) is 21.3. The zero-order valence-electron chi connectivity index (χ0n) is 16.8. The molecule has 0 saturated carbocycles. The van der Waals surface area contributed by atoms with Crippen molar-refractivity contribution in [3.05, 3.63) is 57.1 Å². The summed E-state index contributed by atoms with van der Waals surface area (Å²) in [6.45, 7) is 2.41. The van der Waals surface area contributed by atoms with Gasteiger partial charge in [0, 0.05) is 23.7 Å². The Kier molecular flexibility index (Phi) is 5.09. The molecule has 0 fully saturated rings. The van der Waals surface area contributed by atoms with Crippen molar-refractivity contribution in [2.45, 2.75) is 19.9 Å². The molecule has 4 rings (SSSR count). The third kappa shape index (κ3) is 3.45. The molecule has 0 saturated heterocycles. The summed E-state index contributed by atoms with van der Waals surface area (Å²) in [6.07, 6.45) is 0.735. The van der Waals surface area contributed by atoms with Crippen LogP contribution in [0.1, 0.15) is 13.3 Å². The minimum absolute atomic E-state index is 0.298. The molecular formula is C21H20N4O5. The Hall–Kier alpha value is -3.88. The van der Waals surface area contributed by atoms with Gasteiger partial charge < -0.3 is 23.5 Å². The van der Waals surface area contributed by atoms with E-state index in [4.69, 9.17) is 14.0 Å². The van der Waals surface area contributed by atoms with Crippen LogP contribution in [0.2, 0.25) is 0 Å². The van der Waals surface area contributed by atoms with Gasteiger partial charge >= 0.3 is 11.1 Å². The quantitative estimate of drug-likeness (QED) is 0.488. The molecule has 0 aliphatic rings. The lowest BCUT2D eigenvalue weighted by Gasteiger charge is -2.08. The molecular weight excluding hydrogens is 388 g/mol. The van der Waals surface area contributed by atoms with E-state index in [2.05, 4.69) is 15.1 Å². The number of fused-ring (bicyclic) bond motifs is 1. The molecule has 9 heteroatoms. The number of hydrogen-bond donors (Lipinski definition) is 1. The van der Waals surface area contributed by atoms with Gasteiger partial charge in [-0.2, -0.15) is 4.98 Å². The molecule has 0 atom stereocenters. The number of aromatic nitrogens is 4. The molecule has 0 radical (unpaired) electrons. The highest BCUT2D eigenvalue weighted by Gasteiger charge is 2.15. The van der Waals surface area contributed by atoms with E-state index in [1.54, 1.807) is 50.6 Å². The smallest absolute Gasteiger partial charge is 0.316 e. The topological polar surface area (TPSA) is 112 Å². The van der Waals surface area contributed by atoms with E-state index in [9.17, 15) is 9.59 Å². The summed E-state index contributed by atoms with van der Waals surface area (Å²) in [6, 6.07) is 10.6. The summed E-state index contributed by atoms with van der Waals surface area (Å²) in [5, 5.41) is 4.05. The van der Waals surface area contributed by atoms with Crippen molar-refractivity contribution in [2.24, 2.45) is 0 Å². The van der Waals surface area contributed by atoms with Gasteiger partial charge in [0.1, 0.15) is 11.5 Å². The Bertz CT molecular complexity index is 1310. The van der Waals surface area contributed by atoms with E-state index in [1.807, 2.05) is 6.92 Å². The van der Waals surface area contributed by atoms with Gasteiger partial charge in [-0.15, -0.1) is 0 Å². The standard InChI is InChI=1S/C21H20N4O5/c1-4-7-25-17-6-5-12(10-16(17)22-19(26)21(25)27)18-23-20(30-24-18)13-8-14(28-2)11-15(9-13)29-3/h5-6,8-11H,4,7H2,1-3H3,(H,22,26). The minimum Gasteiger partial charge on any atom is -0.497 e. The molecule has 30 heavy (non-hydrogen) atoms. The first-order valence-corrected chi connectivity index (χ1v) is 9.38. The monoisotopic (exact) mass is 408 g/mol. The van der Waals surface area contributed by atoms with E-state index >= 15 is 0 Å². The maximum absolute atomic E-state index is 12.2. The largest absolute Gasteiger partial charge is 0.497 e. The Morgan fingerprint density at radius 3 is 2.43 bits per heavy atom. The molecule has 0 aliphatic heterocycles. The molecule has 0 amide bonds. The van der Waals surface area contributed by atoms with Crippen LogP contribution in [-0.4, -0.2) is 33.9 Å². The zero-order valence-corrected chi connectivity index (χ0v) is 16.8. The number of nitrogens with zero attached hydrogens (tertiary/aromatic N) is 3. The molecule has 0 unspecified atom stereocenters. The van der Waals surface area contributed by atoms with Crippen LogP contribution >= 0.6 is 0 Å². The number of ether oxygens (including phenoxy) is 2. The molecule has 9 nitrogen and oxygen atoms in total. The highest BCUT2D eigenvalue weighted by atomic mass is 16.5. The lowest BCUT2D eigenvalue weighted by atomic mass is 10.1. The molecule has 2 heterocycles. The summed E-state index contributed by atoms with van der Waals surface area (Å²) in [4.78, 5) is 31.3. The van der Waals surface area contributed by atoms with E-state index in [-0.39, 0.29) is 0 Å². The molecule has 1 N–H and O–H groups in total. The second kappa shape index (κ2) is 7.86. The van der Waals surface area contributed by atoms with Crippen LogP contribution in [0.25, 0.3) is 33.9 Å². The predicted octanol–water partition coefficient (Wildman–Crippen LogP) is 2.83. The SMILES string of the molecule is CCCn1c(=O)c(=O)[nH]c2cc(-c3noc(-c4cc(OC)cc(OC)c4)n3)ccc21. The Morgan fingerprint density at radius 2 is 1.77 bits per heavy atom. The molecule has 4 aromatic rings. The molecule has 2 aromatic heterocycles. The van der Waals surface area contributed by atoms with E-state index in [0.29, 0.717) is 51.9 Å². The fourth-order valence-corrected chi connectivity index (χ4v) is 3.25. The van der Waals surface area contributed by atoms with Gasteiger partial charge in [-0.05, 0) is 36.8 Å². The van der Waals surface area contributed by atoms with Gasteiger partial charge in [0.2, 0.25) is 5.82 Å². The highest BCUT2D eigenvalue weighted by Crippen LogP contribution is 2.30. The molecule has 154 valence electrons. The first kappa shape index (κ1) is 19.4. The van der Waals surface area contributed by atoms with Crippen molar-refractivity contribution >= 4 is 11.0 Å². The van der Waals surface area contributed by atoms with Gasteiger partial charge in [-0.25, -0.2) is 0 Å². The summed E-state index contributed by atoms with van der Waals surface area (Å²) in [5.41, 5.74) is 1.24. The van der Waals surface area contributed by atoms with E-state index < -0.39 is 11.1 Å². The average Bonchev–Trinajstić information content (AvgIpc) is 3.26. The van der Waals surface area contributed by atoms with Crippen LogP contribution in [-0.2, 0) is 6.54 Å². The number of hydrogen-bond acceptors (Lipinski definition) is 7. The number of benzene rings is 2. The van der Waals surface area contributed by atoms with Gasteiger partial charge in [0.25, 0.3) is 5.89 Å². The maximum atomic E-state index is 12.2. The second-order valence-electron chi connectivity index (χ2n) is 6.67. The lowest BCUT2D eigenvalue weighted by molar-refractivity contribution is 0.393. The third-order valence-electron chi connectivity index (χ3n) is 4.70. The average molecular weight is 408 g/mol. The van der Waals surface area contributed by atoms with Gasteiger partial charge in [-0.3, -0.25) is 9.59 Å². The summed E-state index contributed by atoms with van der Waals surface area (Å²) >= 11 is 0. The van der Waals surface area contributed by atoms with Crippen LogP contribution in [0.5, 0.6) is 11.5 Å². The van der Waals surface area contributed by atoms with E-state index in [1.165, 1.54) is 4.57 Å². The Labute approximate surface area is 170 Å². The molecule has 0 bridgehead atoms. The van der Waals surface area contributed by atoms with Crippen LogP contribution in [0.3, 0.4) is 0 Å². The lowest BCUT2D eigenvalue weighted by Crippen LogP contribution is -2.36. The molecule has 0 spiro atoms. The summed E-state index contributed by atoms with van der Waals surface area (Å²) in [7, 11) is 3.12. The number of aryl methyl sites for hydroxylation is 1. The fourth-order valence-electron chi connectivity index (χ4n) is 3.25. The fraction of sp³-hybridized carbons (Fsp3) is 0.238. The predicted molar refractivity (Wildman–Crippen MR) is 111 cm³/mol. The minimum atomic E-state index is -0.662. The molecule has 2 aromatic carbocycles. The van der Waals surface area contributed by atoms with Gasteiger partial charge in [-0.1, -0.05) is 12.1 Å². The first-order valence-electron chi connectivity index (χ1n) is 9.38. The third-order valence-corrected chi connectivity index (χ3v) is 4.70. The Morgan fingerprint density at radius 1 is 1.03 bits per heavy atom. The van der Waals surface area contributed by atoms with E-state index in [0.717, 1.165) is 6.42 Å². The summed E-state index contributed by atoms with van der Waals surface area (Å²) < 4.78 is 17.5. The van der Waals surface area contributed by atoms with Crippen molar-refractivity contribution in [1.29, 1.82) is 0 Å². The first-order chi connectivity index (χ1) is 14.5. The van der Waals surface area contributed by atoms with Crippen molar-refractivity contribution < 1.29 is 14.0 Å². The highest BCUT2D eigenvalue weighted by molar-refractivity contribution is 5.80. The van der Waals surface area contributed by atoms with Crippen molar-refractivity contribution in [1.82, 2.24) is 19.7 Å². The summed E-state index contributed by atoms with van der Waals surface area (Å²) in [5.74, 6) is 1.84. The number of rotatable bonds is 6. The van der Waals surface area contributed by atoms with Crippen LogP contribution in [0.4, 0.5) is 0 Å². The normalized spacial score (nSPS) is 11.0. The van der Waals surface area contributed by atoms with Crippen LogP contribution in [0.15, 0.2) is 50.5 Å². The van der Waals surface area contributed by atoms with Crippen LogP contribution in [0, 0.1) is 0 Å². The number of H-pyrrole nitrogens is 1. The number of nitrogens with one attached hydrogen (secondary N) is 1. The maximum Gasteiger partial charge on any atom is 0.316 e. The van der Waals surface area contributed by atoms with Crippen LogP contribution < -0.4 is 20.6 Å². The number of methoxy groups -OCH3 is 2. The Balaban J connectivity index is 1.78. The second-order valence-corrected chi connectivity index (χ2v) is 6.67. The molecule has 0 aliphatic carbocycles. The van der Waals surface area contributed by atoms with Crippen molar-refractivity contribution in [3.63, 3.8) is 0 Å². The van der Waals surface area contributed by atoms with Gasteiger partial charge in [0.15, 0.2) is 0 Å². The van der Waals surface area contributed by atoms with Crippen molar-refractivity contribution in [2.75, 3.05) is 14.2 Å².